The number of unbranched alkanes of at least 4 members (excludes halogenated alkanes) is 1. The molecule has 96 valence electrons. The molecule has 1 heterocycles. The molecule has 0 unspecified atom stereocenters. The fraction of sp³-hybridized carbons (Fsp3) is 0.786. The first-order chi connectivity index (χ1) is 8.33. The van der Waals surface area contributed by atoms with Gasteiger partial charge < -0.3 is 5.32 Å². The van der Waals surface area contributed by atoms with Crippen molar-refractivity contribution in [2.45, 2.75) is 71.4 Å². The summed E-state index contributed by atoms with van der Waals surface area (Å²) in [6, 6.07) is 0.797. The zero-order valence-corrected chi connectivity index (χ0v) is 11.9. The van der Waals surface area contributed by atoms with Crippen molar-refractivity contribution in [3.63, 3.8) is 0 Å². The van der Waals surface area contributed by atoms with Gasteiger partial charge in [-0.15, -0.1) is 11.3 Å². The number of thiazole rings is 1. The van der Waals surface area contributed by atoms with Gasteiger partial charge in [0.2, 0.25) is 0 Å². The molecule has 1 aromatic rings. The molecule has 0 amide bonds. The van der Waals surface area contributed by atoms with Crippen molar-refractivity contribution < 1.29 is 0 Å². The van der Waals surface area contributed by atoms with Crippen molar-refractivity contribution in [3.8, 4) is 0 Å². The summed E-state index contributed by atoms with van der Waals surface area (Å²) in [5.41, 5.74) is 1.36. The molecule has 2 nitrogen and oxygen atoms in total. The van der Waals surface area contributed by atoms with E-state index in [1.807, 2.05) is 11.3 Å². The van der Waals surface area contributed by atoms with Crippen molar-refractivity contribution in [2.24, 2.45) is 0 Å². The number of aromatic nitrogens is 1. The second-order valence-electron chi connectivity index (χ2n) is 4.99. The first-order valence-corrected chi connectivity index (χ1v) is 7.86. The topological polar surface area (TPSA) is 24.9 Å². The molecule has 0 bridgehead atoms. The largest absolute Gasteiger partial charge is 0.309 e. The van der Waals surface area contributed by atoms with Crippen LogP contribution in [0.2, 0.25) is 0 Å². The van der Waals surface area contributed by atoms with Gasteiger partial charge in [-0.25, -0.2) is 4.98 Å². The number of hydrogen-bond acceptors (Lipinski definition) is 3. The number of nitrogens with one attached hydrogen (secondary N) is 1. The molecule has 3 heteroatoms. The average molecular weight is 252 g/mol. The third-order valence-electron chi connectivity index (χ3n) is 3.18. The molecule has 0 atom stereocenters. The van der Waals surface area contributed by atoms with E-state index in [9.17, 15) is 0 Å². The van der Waals surface area contributed by atoms with Gasteiger partial charge in [0.1, 0.15) is 0 Å². The van der Waals surface area contributed by atoms with E-state index in [2.05, 4.69) is 19.2 Å². The van der Waals surface area contributed by atoms with E-state index >= 15 is 0 Å². The van der Waals surface area contributed by atoms with Gasteiger partial charge >= 0.3 is 0 Å². The van der Waals surface area contributed by atoms with Gasteiger partial charge in [0.05, 0.1) is 10.7 Å². The lowest BCUT2D eigenvalue weighted by atomic mass is 10.2. The summed E-state index contributed by atoms with van der Waals surface area (Å²) in [6.45, 7) is 5.53. The molecule has 1 aromatic heterocycles. The Morgan fingerprint density at radius 2 is 2.06 bits per heavy atom. The second-order valence-corrected chi connectivity index (χ2v) is 6.15. The Kier molecular flexibility index (Phi) is 4.99. The summed E-state index contributed by atoms with van der Waals surface area (Å²) in [4.78, 5) is 6.30. The minimum absolute atomic E-state index is 0.797. The summed E-state index contributed by atoms with van der Waals surface area (Å²) in [6.07, 6.45) is 8.78. The minimum atomic E-state index is 0.797. The van der Waals surface area contributed by atoms with Gasteiger partial charge in [-0.05, 0) is 32.1 Å². The van der Waals surface area contributed by atoms with Crippen LogP contribution in [-0.2, 0) is 19.4 Å². The van der Waals surface area contributed by atoms with E-state index in [4.69, 9.17) is 4.98 Å². The van der Waals surface area contributed by atoms with Crippen LogP contribution in [-0.4, -0.2) is 11.0 Å². The maximum Gasteiger partial charge on any atom is 0.0931 e. The highest BCUT2D eigenvalue weighted by Crippen LogP contribution is 2.24. The van der Waals surface area contributed by atoms with Crippen molar-refractivity contribution in [2.75, 3.05) is 0 Å². The Morgan fingerprint density at radius 3 is 2.71 bits per heavy atom. The van der Waals surface area contributed by atoms with Crippen LogP contribution in [0.25, 0.3) is 0 Å². The van der Waals surface area contributed by atoms with E-state index < -0.39 is 0 Å². The van der Waals surface area contributed by atoms with Crippen LogP contribution in [0.1, 0.15) is 61.5 Å². The number of rotatable bonds is 8. The average Bonchev–Trinajstić information content (AvgIpc) is 3.08. The van der Waals surface area contributed by atoms with Crippen LogP contribution in [0.15, 0.2) is 0 Å². The molecule has 17 heavy (non-hydrogen) atoms. The third kappa shape index (κ3) is 4.07. The Bertz CT molecular complexity index is 342. The van der Waals surface area contributed by atoms with E-state index in [0.717, 1.165) is 19.0 Å². The molecule has 1 aliphatic carbocycles. The Hall–Kier alpha value is -0.410. The fourth-order valence-corrected chi connectivity index (χ4v) is 3.07. The number of hydrogen-bond donors (Lipinski definition) is 1. The normalized spacial score (nSPS) is 15.4. The lowest BCUT2D eigenvalue weighted by molar-refractivity contribution is 0.686. The molecule has 0 aromatic carbocycles. The van der Waals surface area contributed by atoms with Crippen LogP contribution in [0.4, 0.5) is 0 Å². The highest BCUT2D eigenvalue weighted by atomic mass is 32.1. The van der Waals surface area contributed by atoms with Gasteiger partial charge in [-0.2, -0.15) is 0 Å². The Morgan fingerprint density at radius 1 is 1.24 bits per heavy atom. The molecule has 0 radical (unpaired) electrons. The SMILES string of the molecule is CCCCc1nc(CCC)c(CNC2CC2)s1. The van der Waals surface area contributed by atoms with Gasteiger partial charge in [0, 0.05) is 17.5 Å². The molecule has 1 N–H and O–H groups in total. The van der Waals surface area contributed by atoms with Gasteiger partial charge in [-0.1, -0.05) is 26.7 Å². The van der Waals surface area contributed by atoms with Gasteiger partial charge in [0.25, 0.3) is 0 Å². The van der Waals surface area contributed by atoms with E-state index in [0.29, 0.717) is 0 Å². The van der Waals surface area contributed by atoms with Crippen molar-refractivity contribution >= 4 is 11.3 Å². The molecule has 1 fully saturated rings. The summed E-state index contributed by atoms with van der Waals surface area (Å²) in [5, 5.41) is 4.96. The van der Waals surface area contributed by atoms with Gasteiger partial charge in [-0.3, -0.25) is 0 Å². The van der Waals surface area contributed by atoms with E-state index in [1.165, 1.54) is 54.1 Å². The number of nitrogens with zero attached hydrogens (tertiary/aromatic N) is 1. The summed E-state index contributed by atoms with van der Waals surface area (Å²) in [5.74, 6) is 0. The molecule has 0 aliphatic heterocycles. The maximum atomic E-state index is 4.81. The molecule has 0 spiro atoms. The molecule has 0 saturated heterocycles. The molecule has 1 saturated carbocycles. The Labute approximate surface area is 109 Å². The highest BCUT2D eigenvalue weighted by molar-refractivity contribution is 7.11. The highest BCUT2D eigenvalue weighted by Gasteiger charge is 2.21. The molecular weight excluding hydrogens is 228 g/mol. The zero-order valence-electron chi connectivity index (χ0n) is 11.1. The van der Waals surface area contributed by atoms with E-state index in [-0.39, 0.29) is 0 Å². The van der Waals surface area contributed by atoms with Crippen LogP contribution in [0.3, 0.4) is 0 Å². The van der Waals surface area contributed by atoms with Crippen LogP contribution < -0.4 is 5.32 Å². The lowest BCUT2D eigenvalue weighted by Crippen LogP contribution is -2.15. The summed E-state index contributed by atoms with van der Waals surface area (Å²) in [7, 11) is 0. The van der Waals surface area contributed by atoms with Crippen molar-refractivity contribution in [3.05, 3.63) is 15.6 Å². The van der Waals surface area contributed by atoms with Crippen LogP contribution in [0.5, 0.6) is 0 Å². The first kappa shape index (κ1) is 13.0. The molecular formula is C14H24N2S. The predicted octanol–water partition coefficient (Wildman–Crippen LogP) is 3.69. The molecule has 1 aliphatic rings. The van der Waals surface area contributed by atoms with Gasteiger partial charge in [0.15, 0.2) is 0 Å². The van der Waals surface area contributed by atoms with E-state index in [1.54, 1.807) is 0 Å². The first-order valence-electron chi connectivity index (χ1n) is 7.04. The Balaban J connectivity index is 1.95. The third-order valence-corrected chi connectivity index (χ3v) is 4.34. The maximum absolute atomic E-state index is 4.81. The van der Waals surface area contributed by atoms with Crippen molar-refractivity contribution in [1.82, 2.24) is 10.3 Å². The monoisotopic (exact) mass is 252 g/mol. The van der Waals surface area contributed by atoms with Crippen LogP contribution >= 0.6 is 11.3 Å². The lowest BCUT2D eigenvalue weighted by Gasteiger charge is -2.01. The number of aryl methyl sites for hydroxylation is 2. The summed E-state index contributed by atoms with van der Waals surface area (Å²) < 4.78 is 0. The summed E-state index contributed by atoms with van der Waals surface area (Å²) >= 11 is 1.94. The standard InChI is InChI=1S/C14H24N2S/c1-3-5-7-14-16-12(6-4-2)13(17-14)10-15-11-8-9-11/h11,15H,3-10H2,1-2H3. The second kappa shape index (κ2) is 6.50. The van der Waals surface area contributed by atoms with Crippen LogP contribution in [0, 0.1) is 0 Å². The predicted molar refractivity (Wildman–Crippen MR) is 74.6 cm³/mol. The van der Waals surface area contributed by atoms with Crippen molar-refractivity contribution in [1.29, 1.82) is 0 Å². The zero-order chi connectivity index (χ0) is 12.1. The smallest absolute Gasteiger partial charge is 0.0931 e. The quantitative estimate of drug-likeness (QED) is 0.763. The molecule has 2 rings (SSSR count). The minimum Gasteiger partial charge on any atom is -0.309 e. The fourth-order valence-electron chi connectivity index (χ4n) is 1.97.